The second-order valence-corrected chi connectivity index (χ2v) is 4.90. The zero-order valence-electron chi connectivity index (χ0n) is 12.3. The quantitative estimate of drug-likeness (QED) is 0.505. The Morgan fingerprint density at radius 1 is 0.941 bits per heavy atom. The fraction of sp³-hybridized carbons (Fsp3) is 0.800. The Morgan fingerprint density at radius 3 is 2.06 bits per heavy atom. The van der Waals surface area contributed by atoms with Crippen LogP contribution in [0, 0.1) is 0 Å². The van der Waals surface area contributed by atoms with E-state index in [4.69, 9.17) is 1.37 Å². The van der Waals surface area contributed by atoms with Crippen molar-refractivity contribution in [2.75, 3.05) is 0 Å². The van der Waals surface area contributed by atoms with Crippen molar-refractivity contribution in [3.05, 3.63) is 18.7 Å². The summed E-state index contributed by atoms with van der Waals surface area (Å²) in [5.41, 5.74) is 0. The van der Waals surface area contributed by atoms with Crippen LogP contribution in [0.4, 0.5) is 0 Å². The van der Waals surface area contributed by atoms with Crippen molar-refractivity contribution < 1.29 is 1.37 Å². The number of unbranched alkanes of at least 4 members (excludes halogenated alkanes) is 9. The lowest BCUT2D eigenvalue weighted by molar-refractivity contribution is 0.534. The number of aromatic nitrogens is 2. The highest BCUT2D eigenvalue weighted by Crippen LogP contribution is 2.10. The van der Waals surface area contributed by atoms with Crippen molar-refractivity contribution in [1.82, 2.24) is 9.55 Å². The molecule has 0 aromatic carbocycles. The van der Waals surface area contributed by atoms with Crippen LogP contribution in [0.5, 0.6) is 0 Å². The third-order valence-electron chi connectivity index (χ3n) is 3.26. The molecular formula is C15H28N2. The van der Waals surface area contributed by atoms with Gasteiger partial charge in [-0.1, -0.05) is 64.7 Å². The molecule has 0 aliphatic carbocycles. The third-order valence-corrected chi connectivity index (χ3v) is 3.26. The first-order valence-electron chi connectivity index (χ1n) is 7.82. The molecule has 17 heavy (non-hydrogen) atoms. The maximum absolute atomic E-state index is 7.53. The molecule has 2 heteroatoms. The molecule has 0 saturated carbocycles. The van der Waals surface area contributed by atoms with Crippen LogP contribution >= 0.6 is 0 Å². The zero-order chi connectivity index (χ0) is 13.1. The maximum Gasteiger partial charge on any atom is 0.104 e. The second-order valence-electron chi connectivity index (χ2n) is 4.90. The lowest BCUT2D eigenvalue weighted by atomic mass is 10.1. The standard InChI is InChI=1S/C15H28N2/c1-2-3-4-5-6-7-8-9-10-11-13-17-14-12-16-15-17/h12,14-15H,2-11,13H2,1H3/i15D. The molecule has 0 N–H and O–H groups in total. The fourth-order valence-electron chi connectivity index (χ4n) is 2.15. The van der Waals surface area contributed by atoms with Gasteiger partial charge >= 0.3 is 0 Å². The minimum absolute atomic E-state index is 0.394. The number of aryl methyl sites for hydroxylation is 1. The van der Waals surface area contributed by atoms with E-state index < -0.39 is 0 Å². The largest absolute Gasteiger partial charge is 0.337 e. The van der Waals surface area contributed by atoms with E-state index in [9.17, 15) is 0 Å². The summed E-state index contributed by atoms with van der Waals surface area (Å²) in [6.45, 7) is 3.22. The minimum Gasteiger partial charge on any atom is -0.337 e. The van der Waals surface area contributed by atoms with Gasteiger partial charge in [0.2, 0.25) is 0 Å². The highest BCUT2D eigenvalue weighted by molar-refractivity contribution is 4.73. The lowest BCUT2D eigenvalue weighted by Gasteiger charge is -2.03. The number of imidazole rings is 1. The summed E-state index contributed by atoms with van der Waals surface area (Å²) in [5, 5.41) is 0. The van der Waals surface area contributed by atoms with Crippen molar-refractivity contribution in [3.8, 4) is 0 Å². The molecule has 98 valence electrons. The van der Waals surface area contributed by atoms with Gasteiger partial charge in [0.25, 0.3) is 0 Å². The molecule has 1 rings (SSSR count). The van der Waals surface area contributed by atoms with E-state index in [-0.39, 0.29) is 0 Å². The van der Waals surface area contributed by atoms with Crippen LogP contribution in [-0.4, -0.2) is 9.55 Å². The molecule has 0 aliphatic heterocycles. The van der Waals surface area contributed by atoms with E-state index in [1.54, 1.807) is 6.20 Å². The number of hydrogen-bond acceptors (Lipinski definition) is 1. The maximum atomic E-state index is 7.53. The van der Waals surface area contributed by atoms with Gasteiger partial charge in [0, 0.05) is 18.9 Å². The Labute approximate surface area is 108 Å². The predicted octanol–water partition coefficient (Wildman–Crippen LogP) is 4.80. The van der Waals surface area contributed by atoms with Crippen LogP contribution in [0.25, 0.3) is 0 Å². The van der Waals surface area contributed by atoms with Gasteiger partial charge < -0.3 is 4.57 Å². The van der Waals surface area contributed by atoms with Gasteiger partial charge in [-0.3, -0.25) is 0 Å². The summed E-state index contributed by atoms with van der Waals surface area (Å²) in [7, 11) is 0. The molecule has 1 aromatic heterocycles. The van der Waals surface area contributed by atoms with Crippen molar-refractivity contribution in [2.45, 2.75) is 77.7 Å². The highest BCUT2D eigenvalue weighted by atomic mass is 15.0. The summed E-state index contributed by atoms with van der Waals surface area (Å²) in [5.74, 6) is 0. The van der Waals surface area contributed by atoms with Crippen LogP contribution < -0.4 is 0 Å². The Kier molecular flexibility index (Phi) is 7.72. The molecule has 0 radical (unpaired) electrons. The van der Waals surface area contributed by atoms with Crippen molar-refractivity contribution in [2.24, 2.45) is 0 Å². The molecule has 0 fully saturated rings. The topological polar surface area (TPSA) is 17.8 Å². The normalized spacial score (nSPS) is 11.7. The Balaban J connectivity index is 1.83. The van der Waals surface area contributed by atoms with Crippen LogP contribution in [0.2, 0.25) is 0 Å². The summed E-state index contributed by atoms with van der Waals surface area (Å²) in [4.78, 5) is 3.91. The Bertz CT molecular complexity index is 296. The molecule has 0 spiro atoms. The molecule has 1 heterocycles. The van der Waals surface area contributed by atoms with Gasteiger partial charge in [-0.05, 0) is 6.42 Å². The number of hydrogen-bond donors (Lipinski definition) is 0. The third kappa shape index (κ3) is 8.00. The summed E-state index contributed by atoms with van der Waals surface area (Å²) in [6, 6.07) is 0. The Hall–Kier alpha value is -0.790. The predicted molar refractivity (Wildman–Crippen MR) is 74.1 cm³/mol. The number of nitrogens with zero attached hydrogens (tertiary/aromatic N) is 2. The van der Waals surface area contributed by atoms with Gasteiger partial charge in [0.15, 0.2) is 0 Å². The SMILES string of the molecule is [2H]c1nccn1CCCCCCCCCCCC. The van der Waals surface area contributed by atoms with Crippen molar-refractivity contribution >= 4 is 0 Å². The molecule has 0 atom stereocenters. The zero-order valence-corrected chi connectivity index (χ0v) is 11.3. The van der Waals surface area contributed by atoms with Crippen LogP contribution in [-0.2, 0) is 6.54 Å². The molecule has 0 bridgehead atoms. The average molecular weight is 237 g/mol. The van der Waals surface area contributed by atoms with Gasteiger partial charge in [-0.25, -0.2) is 4.98 Å². The second kappa shape index (κ2) is 10.4. The van der Waals surface area contributed by atoms with Gasteiger partial charge in [0.1, 0.15) is 1.37 Å². The van der Waals surface area contributed by atoms with E-state index in [1.807, 2.05) is 10.8 Å². The lowest BCUT2D eigenvalue weighted by Crippen LogP contribution is -1.93. The molecule has 0 amide bonds. The minimum atomic E-state index is 0.394. The van der Waals surface area contributed by atoms with Crippen molar-refractivity contribution in [3.63, 3.8) is 0 Å². The summed E-state index contributed by atoms with van der Waals surface area (Å²) < 4.78 is 9.45. The smallest absolute Gasteiger partial charge is 0.104 e. The van der Waals surface area contributed by atoms with E-state index >= 15 is 0 Å². The van der Waals surface area contributed by atoms with E-state index in [0.717, 1.165) is 6.54 Å². The number of rotatable bonds is 11. The van der Waals surface area contributed by atoms with Gasteiger partial charge in [0.05, 0.1) is 6.30 Å². The molecule has 0 unspecified atom stereocenters. The average Bonchev–Trinajstić information content (AvgIpc) is 2.77. The van der Waals surface area contributed by atoms with Crippen LogP contribution in [0.3, 0.4) is 0 Å². The monoisotopic (exact) mass is 237 g/mol. The van der Waals surface area contributed by atoms with E-state index in [1.165, 1.54) is 64.2 Å². The van der Waals surface area contributed by atoms with E-state index in [2.05, 4.69) is 11.9 Å². The first-order valence-corrected chi connectivity index (χ1v) is 7.32. The molecular weight excluding hydrogens is 208 g/mol. The molecule has 2 nitrogen and oxygen atoms in total. The first-order chi connectivity index (χ1) is 8.84. The first kappa shape index (κ1) is 12.7. The van der Waals surface area contributed by atoms with Gasteiger partial charge in [-0.2, -0.15) is 0 Å². The highest BCUT2D eigenvalue weighted by Gasteiger charge is 1.93. The van der Waals surface area contributed by atoms with Crippen LogP contribution in [0.1, 0.15) is 72.5 Å². The van der Waals surface area contributed by atoms with E-state index in [0.29, 0.717) is 6.30 Å². The van der Waals surface area contributed by atoms with Crippen LogP contribution in [0.15, 0.2) is 18.7 Å². The fourth-order valence-corrected chi connectivity index (χ4v) is 2.15. The van der Waals surface area contributed by atoms with Crippen molar-refractivity contribution in [1.29, 1.82) is 0 Å². The summed E-state index contributed by atoms with van der Waals surface area (Å²) in [6.07, 6.45) is 17.6. The molecule has 1 aromatic rings. The van der Waals surface area contributed by atoms with Gasteiger partial charge in [-0.15, -0.1) is 0 Å². The Morgan fingerprint density at radius 2 is 1.53 bits per heavy atom. The molecule has 0 aliphatic rings. The summed E-state index contributed by atoms with van der Waals surface area (Å²) >= 11 is 0. The molecule has 0 saturated heterocycles.